The topological polar surface area (TPSA) is 46.5 Å². The number of carboxylic acid groups (broad SMARTS) is 1. The fraction of sp³-hybridized carbons (Fsp3) is 0.500. The van der Waals surface area contributed by atoms with Crippen LogP contribution in [0.15, 0.2) is 30.3 Å². The number of ether oxygens (including phenoxy) is 1. The van der Waals surface area contributed by atoms with Crippen LogP contribution in [-0.2, 0) is 4.79 Å². The van der Waals surface area contributed by atoms with Crippen LogP contribution >= 0.6 is 0 Å². The highest BCUT2D eigenvalue weighted by atomic mass is 16.5. The van der Waals surface area contributed by atoms with Crippen LogP contribution in [0.5, 0.6) is 5.75 Å². The van der Waals surface area contributed by atoms with Gasteiger partial charge in [-0.25, -0.2) is 0 Å². The van der Waals surface area contributed by atoms with Crippen molar-refractivity contribution < 1.29 is 14.6 Å². The molecule has 0 fully saturated rings. The summed E-state index contributed by atoms with van der Waals surface area (Å²) in [6, 6.07) is 9.45. The normalized spacial score (nSPS) is 13.1. The fourth-order valence-electron chi connectivity index (χ4n) is 1.74. The maximum absolute atomic E-state index is 11.1. The van der Waals surface area contributed by atoms with E-state index in [1.54, 1.807) is 0 Å². The summed E-state index contributed by atoms with van der Waals surface area (Å²) in [6.07, 6.45) is 0.522. The van der Waals surface area contributed by atoms with Crippen molar-refractivity contribution in [3.05, 3.63) is 30.3 Å². The summed E-state index contributed by atoms with van der Waals surface area (Å²) in [5.41, 5.74) is -0.244. The van der Waals surface area contributed by atoms with Gasteiger partial charge in [0.25, 0.3) is 0 Å². The molecule has 1 aromatic rings. The molecule has 0 saturated carbocycles. The number of hydrogen-bond donors (Lipinski definition) is 1. The Morgan fingerprint density at radius 3 is 2.35 bits per heavy atom. The molecule has 0 aliphatic heterocycles. The van der Waals surface area contributed by atoms with Crippen molar-refractivity contribution in [1.29, 1.82) is 0 Å². The van der Waals surface area contributed by atoms with Crippen LogP contribution in [0.3, 0.4) is 0 Å². The molecule has 0 radical (unpaired) electrons. The maximum atomic E-state index is 11.1. The van der Waals surface area contributed by atoms with Gasteiger partial charge in [-0.05, 0) is 24.0 Å². The van der Waals surface area contributed by atoms with Gasteiger partial charge in [-0.15, -0.1) is 0 Å². The van der Waals surface area contributed by atoms with Crippen LogP contribution in [0.2, 0.25) is 0 Å². The summed E-state index contributed by atoms with van der Waals surface area (Å²) in [4.78, 5) is 11.1. The average molecular weight is 236 g/mol. The summed E-state index contributed by atoms with van der Waals surface area (Å²) in [5, 5.41) is 9.15. The smallest absolute Gasteiger partial charge is 0.307 e. The van der Waals surface area contributed by atoms with E-state index < -0.39 is 5.97 Å². The number of para-hydroxylation sites is 1. The molecule has 1 unspecified atom stereocenters. The number of carboxylic acids is 1. The third-order valence-electron chi connectivity index (χ3n) is 2.76. The van der Waals surface area contributed by atoms with Gasteiger partial charge in [-0.3, -0.25) is 4.79 Å². The summed E-state index contributed by atoms with van der Waals surface area (Å²) in [5.74, 6) is -0.356. The summed E-state index contributed by atoms with van der Waals surface area (Å²) >= 11 is 0. The number of benzene rings is 1. The summed E-state index contributed by atoms with van der Waals surface area (Å²) in [7, 11) is 0. The zero-order valence-electron chi connectivity index (χ0n) is 10.6. The second kappa shape index (κ2) is 5.71. The van der Waals surface area contributed by atoms with E-state index in [4.69, 9.17) is 9.84 Å². The molecule has 0 aliphatic carbocycles. The average Bonchev–Trinajstić information content (AvgIpc) is 2.23. The Morgan fingerprint density at radius 1 is 1.29 bits per heavy atom. The molecule has 0 spiro atoms. The van der Waals surface area contributed by atoms with E-state index in [-0.39, 0.29) is 11.3 Å². The summed E-state index contributed by atoms with van der Waals surface area (Å²) < 4.78 is 5.52. The third kappa shape index (κ3) is 4.47. The Kier molecular flexibility index (Phi) is 4.55. The Labute approximate surface area is 102 Å². The lowest BCUT2D eigenvalue weighted by molar-refractivity contribution is -0.146. The van der Waals surface area contributed by atoms with E-state index >= 15 is 0 Å². The summed E-state index contributed by atoms with van der Waals surface area (Å²) in [6.45, 7) is 6.25. The second-order valence-corrected chi connectivity index (χ2v) is 5.21. The molecule has 0 saturated heterocycles. The van der Waals surface area contributed by atoms with Crippen LogP contribution in [0.25, 0.3) is 0 Å². The highest BCUT2D eigenvalue weighted by Gasteiger charge is 2.30. The molecule has 0 amide bonds. The van der Waals surface area contributed by atoms with Crippen LogP contribution < -0.4 is 4.74 Å². The first-order chi connectivity index (χ1) is 7.91. The first-order valence-corrected chi connectivity index (χ1v) is 5.82. The Hall–Kier alpha value is -1.51. The van der Waals surface area contributed by atoms with E-state index in [0.29, 0.717) is 13.0 Å². The predicted octanol–water partition coefficient (Wildman–Crippen LogP) is 3.20. The predicted molar refractivity (Wildman–Crippen MR) is 67.1 cm³/mol. The zero-order valence-corrected chi connectivity index (χ0v) is 10.6. The Bertz CT molecular complexity index is 351. The number of hydrogen-bond acceptors (Lipinski definition) is 2. The Morgan fingerprint density at radius 2 is 1.88 bits per heavy atom. The van der Waals surface area contributed by atoms with Gasteiger partial charge >= 0.3 is 5.97 Å². The van der Waals surface area contributed by atoms with Gasteiger partial charge in [0.05, 0.1) is 12.5 Å². The van der Waals surface area contributed by atoms with Crippen molar-refractivity contribution >= 4 is 5.97 Å². The molecule has 3 heteroatoms. The maximum Gasteiger partial charge on any atom is 0.307 e. The molecular weight excluding hydrogens is 216 g/mol. The van der Waals surface area contributed by atoms with Gasteiger partial charge in [0, 0.05) is 0 Å². The van der Waals surface area contributed by atoms with Crippen LogP contribution in [0, 0.1) is 11.3 Å². The molecule has 1 N–H and O–H groups in total. The third-order valence-corrected chi connectivity index (χ3v) is 2.76. The van der Waals surface area contributed by atoms with Crippen LogP contribution in [0.4, 0.5) is 0 Å². The molecular formula is C14H20O3. The lowest BCUT2D eigenvalue weighted by atomic mass is 9.79. The lowest BCUT2D eigenvalue weighted by Crippen LogP contribution is -2.29. The van der Waals surface area contributed by atoms with E-state index in [0.717, 1.165) is 5.75 Å². The minimum Gasteiger partial charge on any atom is -0.494 e. The van der Waals surface area contributed by atoms with Crippen molar-refractivity contribution in [2.45, 2.75) is 27.2 Å². The van der Waals surface area contributed by atoms with Crippen molar-refractivity contribution in [2.75, 3.05) is 6.61 Å². The van der Waals surface area contributed by atoms with Crippen LogP contribution in [0.1, 0.15) is 27.2 Å². The molecule has 0 aliphatic rings. The van der Waals surface area contributed by atoms with Crippen LogP contribution in [-0.4, -0.2) is 17.7 Å². The molecule has 94 valence electrons. The molecule has 17 heavy (non-hydrogen) atoms. The highest BCUT2D eigenvalue weighted by Crippen LogP contribution is 2.29. The minimum atomic E-state index is -0.755. The minimum absolute atomic E-state index is 0.244. The van der Waals surface area contributed by atoms with Crippen molar-refractivity contribution in [3.8, 4) is 5.75 Å². The molecule has 1 rings (SSSR count). The lowest BCUT2D eigenvalue weighted by Gasteiger charge is -2.26. The zero-order chi connectivity index (χ0) is 12.9. The first-order valence-electron chi connectivity index (χ1n) is 5.82. The molecule has 3 nitrogen and oxygen atoms in total. The van der Waals surface area contributed by atoms with Gasteiger partial charge < -0.3 is 9.84 Å². The number of rotatable bonds is 5. The highest BCUT2D eigenvalue weighted by molar-refractivity contribution is 5.70. The Balaban J connectivity index is 2.46. The van der Waals surface area contributed by atoms with E-state index in [2.05, 4.69) is 0 Å². The molecule has 0 heterocycles. The van der Waals surface area contributed by atoms with Gasteiger partial charge in [0.1, 0.15) is 5.75 Å². The molecule has 0 aromatic heterocycles. The quantitative estimate of drug-likeness (QED) is 0.854. The fourth-order valence-corrected chi connectivity index (χ4v) is 1.74. The SMILES string of the molecule is CC(C)(C)C(CCOc1ccccc1)C(=O)O. The van der Waals surface area contributed by atoms with Crippen molar-refractivity contribution in [3.63, 3.8) is 0 Å². The van der Waals surface area contributed by atoms with Gasteiger partial charge in [-0.1, -0.05) is 39.0 Å². The van der Waals surface area contributed by atoms with E-state index in [1.165, 1.54) is 0 Å². The second-order valence-electron chi connectivity index (χ2n) is 5.21. The van der Waals surface area contributed by atoms with Gasteiger partial charge in [0.15, 0.2) is 0 Å². The molecule has 1 aromatic carbocycles. The van der Waals surface area contributed by atoms with Gasteiger partial charge in [-0.2, -0.15) is 0 Å². The van der Waals surface area contributed by atoms with E-state index in [9.17, 15) is 4.79 Å². The molecule has 0 bridgehead atoms. The largest absolute Gasteiger partial charge is 0.494 e. The first kappa shape index (κ1) is 13.6. The number of carbonyl (C=O) groups is 1. The standard InChI is InChI=1S/C14H20O3/c1-14(2,3)12(13(15)16)9-10-17-11-7-5-4-6-8-11/h4-8,12H,9-10H2,1-3H3,(H,15,16). The monoisotopic (exact) mass is 236 g/mol. The number of aliphatic carboxylic acids is 1. The molecule has 1 atom stereocenters. The van der Waals surface area contributed by atoms with Gasteiger partial charge in [0.2, 0.25) is 0 Å². The van der Waals surface area contributed by atoms with Crippen molar-refractivity contribution in [1.82, 2.24) is 0 Å². The van der Waals surface area contributed by atoms with Crippen molar-refractivity contribution in [2.24, 2.45) is 11.3 Å². The van der Waals surface area contributed by atoms with E-state index in [1.807, 2.05) is 51.1 Å².